The smallest absolute Gasteiger partial charge is 0.305 e. The van der Waals surface area contributed by atoms with Crippen molar-refractivity contribution < 1.29 is 9.53 Å². The van der Waals surface area contributed by atoms with Crippen LogP contribution in [0.5, 0.6) is 0 Å². The number of rotatable bonds is 7. The number of nitrogens with zero attached hydrogens (tertiary/aromatic N) is 2. The molecule has 21 heavy (non-hydrogen) atoms. The molecule has 0 aromatic heterocycles. The van der Waals surface area contributed by atoms with Gasteiger partial charge in [0.05, 0.1) is 13.7 Å². The molecule has 116 valence electrons. The minimum atomic E-state index is -0.152. The molecule has 1 aromatic rings. The molecule has 0 atom stereocenters. The van der Waals surface area contributed by atoms with Crippen LogP contribution < -0.4 is 5.32 Å². The van der Waals surface area contributed by atoms with Crippen LogP contribution in [0.15, 0.2) is 35.3 Å². The van der Waals surface area contributed by atoms with Crippen molar-refractivity contribution in [1.82, 2.24) is 10.2 Å². The normalized spacial score (nSPS) is 11.1. The third kappa shape index (κ3) is 7.34. The average molecular weight is 291 g/mol. The number of methoxy groups -OCH3 is 1. The fraction of sp³-hybridized carbons (Fsp3) is 0.500. The number of hydrogen-bond acceptors (Lipinski definition) is 3. The molecule has 0 aliphatic rings. The van der Waals surface area contributed by atoms with Crippen molar-refractivity contribution in [2.75, 3.05) is 27.7 Å². The van der Waals surface area contributed by atoms with Crippen LogP contribution in [0, 0.1) is 0 Å². The summed E-state index contributed by atoms with van der Waals surface area (Å²) in [7, 11) is 5.34. The molecule has 0 unspecified atom stereocenters. The predicted molar refractivity (Wildman–Crippen MR) is 85.1 cm³/mol. The molecule has 0 radical (unpaired) electrons. The van der Waals surface area contributed by atoms with Gasteiger partial charge in [-0.2, -0.15) is 0 Å². The monoisotopic (exact) mass is 291 g/mol. The van der Waals surface area contributed by atoms with Crippen molar-refractivity contribution >= 4 is 11.9 Å². The standard InChI is InChI=1S/C16H25N3O2/c1-19(2)16(17-12-8-7-11-15(20)21-3)18-13-14-9-5-4-6-10-14/h4-6,9-10H,7-8,11-13H2,1-3H3,(H,17,18). The van der Waals surface area contributed by atoms with Gasteiger partial charge in [0.15, 0.2) is 5.96 Å². The van der Waals surface area contributed by atoms with Gasteiger partial charge < -0.3 is 15.0 Å². The van der Waals surface area contributed by atoms with Gasteiger partial charge in [0.2, 0.25) is 0 Å². The molecular formula is C16H25N3O2. The Morgan fingerprint density at radius 1 is 1.24 bits per heavy atom. The van der Waals surface area contributed by atoms with Gasteiger partial charge in [-0.25, -0.2) is 4.99 Å². The summed E-state index contributed by atoms with van der Waals surface area (Å²) in [6, 6.07) is 10.2. The number of carbonyl (C=O) groups is 1. The van der Waals surface area contributed by atoms with Gasteiger partial charge in [0.25, 0.3) is 0 Å². The summed E-state index contributed by atoms with van der Waals surface area (Å²) >= 11 is 0. The first-order chi connectivity index (χ1) is 10.1. The van der Waals surface area contributed by atoms with Crippen molar-refractivity contribution in [3.63, 3.8) is 0 Å². The molecule has 0 heterocycles. The Hall–Kier alpha value is -2.04. The maximum Gasteiger partial charge on any atom is 0.305 e. The fourth-order valence-corrected chi connectivity index (χ4v) is 1.80. The van der Waals surface area contributed by atoms with Crippen molar-refractivity contribution in [1.29, 1.82) is 0 Å². The number of ether oxygens (including phenoxy) is 1. The van der Waals surface area contributed by atoms with E-state index < -0.39 is 0 Å². The third-order valence-corrected chi connectivity index (χ3v) is 3.00. The summed E-state index contributed by atoms with van der Waals surface area (Å²) in [5.74, 6) is 0.706. The number of carbonyl (C=O) groups excluding carboxylic acids is 1. The van der Waals surface area contributed by atoms with E-state index in [1.807, 2.05) is 37.2 Å². The SMILES string of the molecule is COC(=O)CCCCNC(=NCc1ccccc1)N(C)C. The molecule has 0 amide bonds. The molecule has 0 spiro atoms. The second-order valence-electron chi connectivity index (χ2n) is 4.98. The lowest BCUT2D eigenvalue weighted by Crippen LogP contribution is -2.37. The Bertz CT molecular complexity index is 444. The number of benzene rings is 1. The van der Waals surface area contributed by atoms with Crippen LogP contribution in [0.4, 0.5) is 0 Å². The van der Waals surface area contributed by atoms with E-state index in [1.54, 1.807) is 0 Å². The number of aliphatic imine (C=N–C) groups is 1. The fourth-order valence-electron chi connectivity index (χ4n) is 1.80. The Labute approximate surface area is 127 Å². The highest BCUT2D eigenvalue weighted by molar-refractivity contribution is 5.79. The van der Waals surface area contributed by atoms with Gasteiger partial charge in [-0.3, -0.25) is 4.79 Å². The Morgan fingerprint density at radius 2 is 1.95 bits per heavy atom. The van der Waals surface area contributed by atoms with Crippen LogP contribution in [0.25, 0.3) is 0 Å². The van der Waals surface area contributed by atoms with E-state index >= 15 is 0 Å². The van der Waals surface area contributed by atoms with Gasteiger partial charge in [-0.05, 0) is 18.4 Å². The zero-order chi connectivity index (χ0) is 15.5. The number of nitrogens with one attached hydrogen (secondary N) is 1. The average Bonchev–Trinajstić information content (AvgIpc) is 2.50. The third-order valence-electron chi connectivity index (χ3n) is 3.00. The molecule has 1 rings (SSSR count). The molecule has 0 saturated heterocycles. The van der Waals surface area contributed by atoms with E-state index in [9.17, 15) is 4.79 Å². The van der Waals surface area contributed by atoms with Gasteiger partial charge in [0, 0.05) is 27.1 Å². The van der Waals surface area contributed by atoms with Crippen molar-refractivity contribution in [2.45, 2.75) is 25.8 Å². The number of unbranched alkanes of at least 4 members (excludes halogenated alkanes) is 1. The van der Waals surface area contributed by atoms with Gasteiger partial charge in [0.1, 0.15) is 0 Å². The maximum absolute atomic E-state index is 11.0. The quantitative estimate of drug-likeness (QED) is 0.361. The Balaban J connectivity index is 2.34. The zero-order valence-corrected chi connectivity index (χ0v) is 13.1. The van der Waals surface area contributed by atoms with Crippen LogP contribution >= 0.6 is 0 Å². The topological polar surface area (TPSA) is 53.9 Å². The highest BCUT2D eigenvalue weighted by atomic mass is 16.5. The second-order valence-corrected chi connectivity index (χ2v) is 4.98. The van der Waals surface area contributed by atoms with Gasteiger partial charge in [-0.1, -0.05) is 30.3 Å². The number of hydrogen-bond donors (Lipinski definition) is 1. The highest BCUT2D eigenvalue weighted by Gasteiger charge is 2.02. The summed E-state index contributed by atoms with van der Waals surface area (Å²) in [5.41, 5.74) is 1.18. The van der Waals surface area contributed by atoms with Gasteiger partial charge in [-0.15, -0.1) is 0 Å². The van der Waals surface area contributed by atoms with E-state index in [-0.39, 0.29) is 5.97 Å². The Morgan fingerprint density at radius 3 is 2.57 bits per heavy atom. The predicted octanol–water partition coefficient (Wildman–Crippen LogP) is 2.04. The molecule has 0 aliphatic heterocycles. The molecule has 5 heteroatoms. The Kier molecular flexibility index (Phi) is 7.94. The van der Waals surface area contributed by atoms with E-state index in [0.717, 1.165) is 25.3 Å². The second kappa shape index (κ2) is 9.80. The van der Waals surface area contributed by atoms with E-state index in [2.05, 4.69) is 27.2 Å². The first-order valence-corrected chi connectivity index (χ1v) is 7.20. The molecule has 1 N–H and O–H groups in total. The van der Waals surface area contributed by atoms with Crippen LogP contribution in [-0.2, 0) is 16.1 Å². The summed E-state index contributed by atoms with van der Waals surface area (Å²) in [4.78, 5) is 17.5. The summed E-state index contributed by atoms with van der Waals surface area (Å²) in [6.45, 7) is 1.45. The lowest BCUT2D eigenvalue weighted by atomic mass is 10.2. The molecule has 5 nitrogen and oxygen atoms in total. The van der Waals surface area contributed by atoms with Crippen molar-refractivity contribution in [3.05, 3.63) is 35.9 Å². The zero-order valence-electron chi connectivity index (χ0n) is 13.1. The molecule has 0 fully saturated rings. The number of guanidine groups is 1. The maximum atomic E-state index is 11.0. The van der Waals surface area contributed by atoms with Crippen molar-refractivity contribution in [3.8, 4) is 0 Å². The molecule has 0 bridgehead atoms. The van der Waals surface area contributed by atoms with Crippen molar-refractivity contribution in [2.24, 2.45) is 4.99 Å². The minimum absolute atomic E-state index is 0.152. The van der Waals surface area contributed by atoms with E-state index in [0.29, 0.717) is 13.0 Å². The molecule has 0 saturated carbocycles. The minimum Gasteiger partial charge on any atom is -0.469 e. The van der Waals surface area contributed by atoms with Crippen LogP contribution in [0.2, 0.25) is 0 Å². The number of esters is 1. The molecular weight excluding hydrogens is 266 g/mol. The van der Waals surface area contributed by atoms with Crippen LogP contribution in [-0.4, -0.2) is 44.6 Å². The summed E-state index contributed by atoms with van der Waals surface area (Å²) in [6.07, 6.45) is 2.20. The van der Waals surface area contributed by atoms with Crippen LogP contribution in [0.1, 0.15) is 24.8 Å². The molecule has 1 aromatic carbocycles. The first kappa shape index (κ1) is 17.0. The summed E-state index contributed by atoms with van der Waals surface area (Å²) in [5, 5.41) is 3.30. The largest absolute Gasteiger partial charge is 0.469 e. The van der Waals surface area contributed by atoms with E-state index in [4.69, 9.17) is 0 Å². The highest BCUT2D eigenvalue weighted by Crippen LogP contribution is 2.01. The lowest BCUT2D eigenvalue weighted by molar-refractivity contribution is -0.140. The van der Waals surface area contributed by atoms with Gasteiger partial charge >= 0.3 is 5.97 Å². The van der Waals surface area contributed by atoms with Crippen LogP contribution in [0.3, 0.4) is 0 Å². The first-order valence-electron chi connectivity index (χ1n) is 7.20. The summed E-state index contributed by atoms with van der Waals surface area (Å²) < 4.78 is 4.61. The molecule has 0 aliphatic carbocycles. The lowest BCUT2D eigenvalue weighted by Gasteiger charge is -2.17. The van der Waals surface area contributed by atoms with E-state index in [1.165, 1.54) is 12.7 Å².